The van der Waals surface area contributed by atoms with Gasteiger partial charge in [-0.3, -0.25) is 0 Å². The van der Waals surface area contributed by atoms with Gasteiger partial charge in [0.1, 0.15) is 5.82 Å². The number of morpholine rings is 1. The summed E-state index contributed by atoms with van der Waals surface area (Å²) < 4.78 is 19.9. The standard InChI is InChI=1S/C14H19FN2O/c15-13-3-1-2-10(6-7-16)14(13)17-8-11-4-5-12(9-17)18-11/h1-3,11-12H,4-9,16H2. The number of hydrogen-bond donors (Lipinski definition) is 1. The van der Waals surface area contributed by atoms with E-state index in [2.05, 4.69) is 4.90 Å². The number of hydrogen-bond acceptors (Lipinski definition) is 3. The normalized spacial score (nSPS) is 26.7. The van der Waals surface area contributed by atoms with Gasteiger partial charge < -0.3 is 15.4 Å². The summed E-state index contributed by atoms with van der Waals surface area (Å²) in [6.07, 6.45) is 3.46. The number of nitrogens with two attached hydrogens (primary N) is 1. The smallest absolute Gasteiger partial charge is 0.146 e. The van der Waals surface area contributed by atoms with E-state index in [9.17, 15) is 4.39 Å². The zero-order chi connectivity index (χ0) is 12.5. The van der Waals surface area contributed by atoms with Crippen LogP contribution in [0.5, 0.6) is 0 Å². The minimum absolute atomic E-state index is 0.137. The SMILES string of the molecule is NCCc1cccc(F)c1N1CC2CCC(C1)O2. The van der Waals surface area contributed by atoms with Gasteiger partial charge in [-0.2, -0.15) is 0 Å². The van der Waals surface area contributed by atoms with Crippen molar-refractivity contribution in [3.05, 3.63) is 29.6 Å². The number of para-hydroxylation sites is 1. The van der Waals surface area contributed by atoms with Gasteiger partial charge in [0.05, 0.1) is 17.9 Å². The van der Waals surface area contributed by atoms with Gasteiger partial charge in [-0.1, -0.05) is 12.1 Å². The quantitative estimate of drug-likeness (QED) is 0.887. The van der Waals surface area contributed by atoms with Gasteiger partial charge in [0.15, 0.2) is 0 Å². The molecule has 18 heavy (non-hydrogen) atoms. The Balaban J connectivity index is 1.90. The highest BCUT2D eigenvalue weighted by Crippen LogP contribution is 2.33. The topological polar surface area (TPSA) is 38.5 Å². The zero-order valence-corrected chi connectivity index (χ0v) is 10.4. The first kappa shape index (κ1) is 11.9. The van der Waals surface area contributed by atoms with Crippen LogP contribution in [0.4, 0.5) is 10.1 Å². The van der Waals surface area contributed by atoms with Crippen molar-refractivity contribution in [3.8, 4) is 0 Å². The highest BCUT2D eigenvalue weighted by Gasteiger charge is 2.35. The molecular formula is C14H19FN2O. The maximum Gasteiger partial charge on any atom is 0.146 e. The van der Waals surface area contributed by atoms with Gasteiger partial charge in [0, 0.05) is 13.1 Å². The van der Waals surface area contributed by atoms with E-state index in [1.165, 1.54) is 6.07 Å². The molecule has 0 saturated carbocycles. The largest absolute Gasteiger partial charge is 0.371 e. The fraction of sp³-hybridized carbons (Fsp3) is 0.571. The van der Waals surface area contributed by atoms with Crippen LogP contribution < -0.4 is 10.6 Å². The van der Waals surface area contributed by atoms with Crippen molar-refractivity contribution in [2.75, 3.05) is 24.5 Å². The van der Waals surface area contributed by atoms with Crippen LogP contribution in [0.1, 0.15) is 18.4 Å². The van der Waals surface area contributed by atoms with Crippen molar-refractivity contribution in [1.29, 1.82) is 0 Å². The molecule has 2 fully saturated rings. The predicted molar refractivity (Wildman–Crippen MR) is 69.3 cm³/mol. The first-order valence-electron chi connectivity index (χ1n) is 6.66. The zero-order valence-electron chi connectivity index (χ0n) is 10.4. The van der Waals surface area contributed by atoms with Crippen LogP contribution in [0.3, 0.4) is 0 Å². The van der Waals surface area contributed by atoms with Gasteiger partial charge in [-0.25, -0.2) is 4.39 Å². The van der Waals surface area contributed by atoms with Crippen LogP contribution in [-0.4, -0.2) is 31.8 Å². The van der Waals surface area contributed by atoms with Gasteiger partial charge in [0.2, 0.25) is 0 Å². The molecule has 98 valence electrons. The van der Waals surface area contributed by atoms with E-state index in [1.54, 1.807) is 6.07 Å². The molecule has 1 aromatic rings. The maximum atomic E-state index is 14.1. The molecule has 0 radical (unpaired) electrons. The van der Waals surface area contributed by atoms with Crippen LogP contribution >= 0.6 is 0 Å². The lowest BCUT2D eigenvalue weighted by Crippen LogP contribution is -2.43. The minimum atomic E-state index is -0.137. The minimum Gasteiger partial charge on any atom is -0.371 e. The van der Waals surface area contributed by atoms with Crippen LogP contribution in [0.25, 0.3) is 0 Å². The molecular weight excluding hydrogens is 231 g/mol. The Morgan fingerprint density at radius 2 is 2.00 bits per heavy atom. The molecule has 2 bridgehead atoms. The molecule has 2 unspecified atom stereocenters. The molecule has 0 spiro atoms. The van der Waals surface area contributed by atoms with Gasteiger partial charge in [-0.15, -0.1) is 0 Å². The fourth-order valence-electron chi connectivity index (χ4n) is 3.07. The van der Waals surface area contributed by atoms with Crippen molar-refractivity contribution < 1.29 is 9.13 Å². The number of anilines is 1. The molecule has 2 saturated heterocycles. The third-order valence-corrected chi connectivity index (χ3v) is 3.84. The third kappa shape index (κ3) is 2.10. The lowest BCUT2D eigenvalue weighted by Gasteiger charge is -2.35. The van der Waals surface area contributed by atoms with Crippen molar-refractivity contribution in [2.24, 2.45) is 5.73 Å². The van der Waals surface area contributed by atoms with Crippen LogP contribution in [-0.2, 0) is 11.2 Å². The molecule has 2 heterocycles. The van der Waals surface area contributed by atoms with Crippen molar-refractivity contribution >= 4 is 5.69 Å². The summed E-state index contributed by atoms with van der Waals surface area (Å²) in [6.45, 7) is 2.15. The Morgan fingerprint density at radius 3 is 2.67 bits per heavy atom. The lowest BCUT2D eigenvalue weighted by molar-refractivity contribution is 0.0302. The highest BCUT2D eigenvalue weighted by molar-refractivity contribution is 5.55. The monoisotopic (exact) mass is 250 g/mol. The van der Waals surface area contributed by atoms with E-state index in [0.717, 1.165) is 43.6 Å². The van der Waals surface area contributed by atoms with Crippen LogP contribution in [0.2, 0.25) is 0 Å². The number of benzene rings is 1. The van der Waals surface area contributed by atoms with Gasteiger partial charge >= 0.3 is 0 Å². The first-order valence-corrected chi connectivity index (χ1v) is 6.66. The van der Waals surface area contributed by atoms with Crippen LogP contribution in [0, 0.1) is 5.82 Å². The van der Waals surface area contributed by atoms with E-state index in [1.807, 2.05) is 6.07 Å². The number of rotatable bonds is 3. The van der Waals surface area contributed by atoms with Gasteiger partial charge in [0.25, 0.3) is 0 Å². The number of ether oxygens (including phenoxy) is 1. The summed E-state index contributed by atoms with van der Waals surface area (Å²) in [5, 5.41) is 0. The molecule has 2 aliphatic heterocycles. The second kappa shape index (κ2) is 4.86. The lowest BCUT2D eigenvalue weighted by atomic mass is 10.1. The van der Waals surface area contributed by atoms with E-state index in [-0.39, 0.29) is 18.0 Å². The summed E-state index contributed by atoms with van der Waals surface area (Å²) in [5.74, 6) is -0.137. The Labute approximate surface area is 107 Å². The molecule has 2 N–H and O–H groups in total. The molecule has 0 aliphatic carbocycles. The summed E-state index contributed by atoms with van der Waals surface area (Å²) in [4.78, 5) is 2.14. The van der Waals surface area contributed by atoms with Crippen molar-refractivity contribution in [2.45, 2.75) is 31.5 Å². The molecule has 3 nitrogen and oxygen atoms in total. The average Bonchev–Trinajstić information content (AvgIpc) is 2.69. The fourth-order valence-corrected chi connectivity index (χ4v) is 3.07. The summed E-state index contributed by atoms with van der Waals surface area (Å²) >= 11 is 0. The Bertz CT molecular complexity index is 426. The molecule has 2 atom stereocenters. The maximum absolute atomic E-state index is 14.1. The van der Waals surface area contributed by atoms with E-state index in [4.69, 9.17) is 10.5 Å². The Hall–Kier alpha value is -1.13. The van der Waals surface area contributed by atoms with Crippen LogP contribution in [0.15, 0.2) is 18.2 Å². The van der Waals surface area contributed by atoms with Crippen molar-refractivity contribution in [1.82, 2.24) is 0 Å². The molecule has 4 heteroatoms. The molecule has 0 aromatic heterocycles. The number of nitrogens with zero attached hydrogens (tertiary/aromatic N) is 1. The number of fused-ring (bicyclic) bond motifs is 2. The second-order valence-electron chi connectivity index (χ2n) is 5.15. The molecule has 2 aliphatic rings. The van der Waals surface area contributed by atoms with E-state index in [0.29, 0.717) is 6.54 Å². The van der Waals surface area contributed by atoms with Gasteiger partial charge in [-0.05, 0) is 37.4 Å². The molecule has 3 rings (SSSR count). The Kier molecular flexibility index (Phi) is 3.22. The number of halogens is 1. The summed E-state index contributed by atoms with van der Waals surface area (Å²) in [5.41, 5.74) is 7.36. The highest BCUT2D eigenvalue weighted by atomic mass is 19.1. The van der Waals surface area contributed by atoms with Crippen molar-refractivity contribution in [3.63, 3.8) is 0 Å². The predicted octanol–water partition coefficient (Wildman–Crippen LogP) is 1.69. The van der Waals surface area contributed by atoms with E-state index < -0.39 is 0 Å². The first-order chi connectivity index (χ1) is 8.78. The summed E-state index contributed by atoms with van der Waals surface area (Å²) in [7, 11) is 0. The summed E-state index contributed by atoms with van der Waals surface area (Å²) in [6, 6.07) is 5.27. The second-order valence-corrected chi connectivity index (χ2v) is 5.15. The Morgan fingerprint density at radius 1 is 1.28 bits per heavy atom. The molecule has 0 amide bonds. The molecule has 1 aromatic carbocycles. The third-order valence-electron chi connectivity index (χ3n) is 3.84. The average molecular weight is 250 g/mol. The van der Waals surface area contributed by atoms with E-state index >= 15 is 0 Å².